The lowest BCUT2D eigenvalue weighted by Gasteiger charge is -2.42. The Bertz CT molecular complexity index is 1200. The molecule has 0 bridgehead atoms. The Morgan fingerprint density at radius 1 is 1.17 bits per heavy atom. The molecule has 190 valence electrons. The van der Waals surface area contributed by atoms with E-state index in [-0.39, 0.29) is 18.4 Å². The van der Waals surface area contributed by atoms with Crippen LogP contribution < -0.4 is 4.90 Å². The van der Waals surface area contributed by atoms with E-state index >= 15 is 0 Å². The van der Waals surface area contributed by atoms with Crippen molar-refractivity contribution >= 4 is 17.5 Å². The fourth-order valence-electron chi connectivity index (χ4n) is 5.32. The summed E-state index contributed by atoms with van der Waals surface area (Å²) in [6, 6.07) is 8.83. The van der Waals surface area contributed by atoms with Crippen LogP contribution in [0.15, 0.2) is 36.5 Å². The van der Waals surface area contributed by atoms with Gasteiger partial charge in [-0.2, -0.15) is 18.4 Å². The number of halogens is 3. The van der Waals surface area contributed by atoms with E-state index in [1.807, 2.05) is 11.8 Å². The van der Waals surface area contributed by atoms with Gasteiger partial charge in [-0.1, -0.05) is 0 Å². The molecule has 1 atom stereocenters. The van der Waals surface area contributed by atoms with Crippen molar-refractivity contribution in [3.05, 3.63) is 58.9 Å². The summed E-state index contributed by atoms with van der Waals surface area (Å²) in [5, 5.41) is 9.13. The summed E-state index contributed by atoms with van der Waals surface area (Å²) < 4.78 is 40.7. The topological polar surface area (TPSA) is 80.5 Å². The van der Waals surface area contributed by atoms with Crippen LogP contribution in [-0.4, -0.2) is 66.9 Å². The first-order valence-electron chi connectivity index (χ1n) is 11.7. The highest BCUT2D eigenvalue weighted by atomic mass is 19.4. The van der Waals surface area contributed by atoms with Gasteiger partial charge in [-0.15, -0.1) is 0 Å². The van der Waals surface area contributed by atoms with Gasteiger partial charge in [0.1, 0.15) is 0 Å². The van der Waals surface area contributed by atoms with Gasteiger partial charge in [0.2, 0.25) is 5.91 Å². The Kier molecular flexibility index (Phi) is 6.69. The molecule has 0 N–H and O–H groups in total. The molecular weight excluding hydrogens is 471 g/mol. The number of likely N-dealkylation sites (tertiary alicyclic amines) is 1. The Morgan fingerprint density at radius 2 is 1.86 bits per heavy atom. The zero-order valence-corrected chi connectivity index (χ0v) is 20.5. The van der Waals surface area contributed by atoms with Crippen molar-refractivity contribution in [1.82, 2.24) is 14.8 Å². The zero-order chi connectivity index (χ0) is 26.3. The number of benzene rings is 1. The Balaban J connectivity index is 1.59. The van der Waals surface area contributed by atoms with E-state index in [9.17, 15) is 22.8 Å². The number of aryl methyl sites for hydroxylation is 1. The number of carbonyl (C=O) groups is 2. The third-order valence-corrected chi connectivity index (χ3v) is 7.39. The Hall–Kier alpha value is -3.61. The third kappa shape index (κ3) is 4.74. The van der Waals surface area contributed by atoms with Crippen LogP contribution in [0, 0.1) is 29.6 Å². The summed E-state index contributed by atoms with van der Waals surface area (Å²) in [6.45, 7) is 3.40. The quantitative estimate of drug-likeness (QED) is 0.643. The summed E-state index contributed by atoms with van der Waals surface area (Å²) >= 11 is 0. The molecular formula is C26H28F3N5O2. The number of aromatic nitrogens is 1. The molecule has 2 aliphatic heterocycles. The number of alkyl halides is 3. The first kappa shape index (κ1) is 25.5. The highest BCUT2D eigenvalue weighted by Gasteiger charge is 2.52. The van der Waals surface area contributed by atoms with Crippen LogP contribution in [0.2, 0.25) is 0 Å². The second-order valence-corrected chi connectivity index (χ2v) is 9.85. The molecule has 1 aromatic heterocycles. The monoisotopic (exact) mass is 499 g/mol. The molecule has 3 heterocycles. The maximum atomic E-state index is 13.6. The minimum Gasteiger partial charge on any atom is -0.370 e. The highest BCUT2D eigenvalue weighted by molar-refractivity contribution is 5.94. The van der Waals surface area contributed by atoms with Crippen LogP contribution in [0.25, 0.3) is 0 Å². The van der Waals surface area contributed by atoms with Gasteiger partial charge in [0.15, 0.2) is 0 Å². The van der Waals surface area contributed by atoms with Crippen LogP contribution in [-0.2, 0) is 11.0 Å². The number of nitrogens with zero attached hydrogens (tertiary/aromatic N) is 5. The predicted molar refractivity (Wildman–Crippen MR) is 127 cm³/mol. The van der Waals surface area contributed by atoms with Gasteiger partial charge in [0, 0.05) is 63.3 Å². The number of rotatable bonds is 3. The standard InChI is InChI=1S/C26H28F3N5O2/c1-17-4-5-19(14-31-17)23(35)33-10-8-25(9-11-33)16-34(15-22(25)24(36)32(2)3)20-7-6-18(13-30)21(12-20)26(27,28)29/h4-7,12,14,22H,8-11,15-16H2,1-3H3. The summed E-state index contributed by atoms with van der Waals surface area (Å²) in [5.41, 5.74) is -0.237. The largest absolute Gasteiger partial charge is 0.417 e. The molecule has 4 rings (SSSR count). The number of hydrogen-bond acceptors (Lipinski definition) is 5. The number of hydrogen-bond donors (Lipinski definition) is 0. The van der Waals surface area contributed by atoms with Crippen LogP contribution in [0.4, 0.5) is 18.9 Å². The highest BCUT2D eigenvalue weighted by Crippen LogP contribution is 2.47. The van der Waals surface area contributed by atoms with Gasteiger partial charge in [0.25, 0.3) is 5.91 Å². The van der Waals surface area contributed by atoms with E-state index in [0.717, 1.165) is 11.8 Å². The van der Waals surface area contributed by atoms with Crippen LogP contribution in [0.5, 0.6) is 0 Å². The molecule has 1 unspecified atom stereocenters. The molecule has 1 spiro atoms. The van der Waals surface area contributed by atoms with E-state index in [2.05, 4.69) is 4.98 Å². The molecule has 36 heavy (non-hydrogen) atoms. The zero-order valence-electron chi connectivity index (χ0n) is 20.5. The van der Waals surface area contributed by atoms with Crippen molar-refractivity contribution in [2.45, 2.75) is 25.9 Å². The van der Waals surface area contributed by atoms with Gasteiger partial charge < -0.3 is 14.7 Å². The Labute approximate surface area is 208 Å². The van der Waals surface area contributed by atoms with Crippen molar-refractivity contribution in [2.75, 3.05) is 45.2 Å². The summed E-state index contributed by atoms with van der Waals surface area (Å²) in [5.74, 6) is -0.620. The summed E-state index contributed by atoms with van der Waals surface area (Å²) in [6.07, 6.45) is -1.99. The number of piperidine rings is 1. The number of amides is 2. The molecule has 2 fully saturated rings. The summed E-state index contributed by atoms with van der Waals surface area (Å²) in [7, 11) is 3.34. The van der Waals surface area contributed by atoms with Crippen LogP contribution >= 0.6 is 0 Å². The molecule has 10 heteroatoms. The van der Waals surface area contributed by atoms with Gasteiger partial charge in [-0.05, 0) is 50.1 Å². The molecule has 1 aromatic carbocycles. The van der Waals surface area contributed by atoms with Gasteiger partial charge in [0.05, 0.1) is 28.7 Å². The smallest absolute Gasteiger partial charge is 0.370 e. The van der Waals surface area contributed by atoms with E-state index in [4.69, 9.17) is 5.26 Å². The van der Waals surface area contributed by atoms with E-state index in [1.165, 1.54) is 17.0 Å². The molecule has 2 saturated heterocycles. The van der Waals surface area contributed by atoms with Crippen molar-refractivity contribution in [2.24, 2.45) is 11.3 Å². The van der Waals surface area contributed by atoms with Crippen molar-refractivity contribution in [1.29, 1.82) is 5.26 Å². The third-order valence-electron chi connectivity index (χ3n) is 7.39. The van der Waals surface area contributed by atoms with Crippen molar-refractivity contribution < 1.29 is 22.8 Å². The van der Waals surface area contributed by atoms with Crippen LogP contribution in [0.1, 0.15) is 40.0 Å². The lowest BCUT2D eigenvalue weighted by molar-refractivity contribution is -0.138. The number of anilines is 1. The fraction of sp³-hybridized carbons (Fsp3) is 0.462. The average molecular weight is 500 g/mol. The lowest BCUT2D eigenvalue weighted by atomic mass is 9.70. The maximum absolute atomic E-state index is 13.6. The first-order chi connectivity index (χ1) is 16.9. The van der Waals surface area contributed by atoms with E-state index < -0.39 is 28.6 Å². The second-order valence-electron chi connectivity index (χ2n) is 9.85. The van der Waals surface area contributed by atoms with Gasteiger partial charge in [-0.25, -0.2) is 0 Å². The molecule has 7 nitrogen and oxygen atoms in total. The molecule has 2 aromatic rings. The number of carbonyl (C=O) groups excluding carboxylic acids is 2. The molecule has 2 amide bonds. The summed E-state index contributed by atoms with van der Waals surface area (Å²) in [4.78, 5) is 35.4. The fourth-order valence-corrected chi connectivity index (χ4v) is 5.32. The predicted octanol–water partition coefficient (Wildman–Crippen LogP) is 3.73. The molecule has 0 radical (unpaired) electrons. The van der Waals surface area contributed by atoms with Gasteiger partial charge in [-0.3, -0.25) is 14.6 Å². The van der Waals surface area contributed by atoms with Gasteiger partial charge >= 0.3 is 6.18 Å². The molecule has 0 saturated carbocycles. The molecule has 0 aliphatic carbocycles. The van der Waals surface area contributed by atoms with Crippen molar-refractivity contribution in [3.63, 3.8) is 0 Å². The van der Waals surface area contributed by atoms with E-state index in [0.29, 0.717) is 43.7 Å². The molecule has 2 aliphatic rings. The minimum absolute atomic E-state index is 0.0790. The first-order valence-corrected chi connectivity index (χ1v) is 11.7. The second kappa shape index (κ2) is 9.45. The maximum Gasteiger partial charge on any atom is 0.417 e. The van der Waals surface area contributed by atoms with Crippen molar-refractivity contribution in [3.8, 4) is 6.07 Å². The number of pyridine rings is 1. The SMILES string of the molecule is Cc1ccc(C(=O)N2CCC3(CC2)CN(c2ccc(C#N)c(C(F)(F)F)c2)CC3C(=O)N(C)C)cn1. The average Bonchev–Trinajstić information content (AvgIpc) is 3.21. The Morgan fingerprint density at radius 3 is 2.42 bits per heavy atom. The van der Waals surface area contributed by atoms with E-state index in [1.54, 1.807) is 43.4 Å². The number of nitriles is 1. The lowest BCUT2D eigenvalue weighted by Crippen LogP contribution is -2.49. The normalized spacial score (nSPS) is 19.3. The van der Waals surface area contributed by atoms with Crippen LogP contribution in [0.3, 0.4) is 0 Å². The minimum atomic E-state index is -4.66.